The molecule has 14 atom stereocenters. The van der Waals surface area contributed by atoms with Crippen molar-refractivity contribution in [2.24, 2.45) is 71.0 Å². The van der Waals surface area contributed by atoms with Crippen molar-refractivity contribution in [2.75, 3.05) is 0 Å². The lowest BCUT2D eigenvalue weighted by Gasteiger charge is -2.40. The van der Waals surface area contributed by atoms with Crippen molar-refractivity contribution in [1.29, 1.82) is 0 Å². The normalized spacial score (nSPS) is 71.5. The summed E-state index contributed by atoms with van der Waals surface area (Å²) in [5, 5.41) is 0. The SMILES string of the molecule is O=C1OC2CCC3C2C2C1C1C4CCC5OC(=O)C6C3C2C1C6C54. The van der Waals surface area contributed by atoms with Crippen LogP contribution in [0.1, 0.15) is 25.7 Å². The van der Waals surface area contributed by atoms with Crippen LogP contribution < -0.4 is 0 Å². The molecule has 8 aliphatic rings. The Morgan fingerprint density at radius 1 is 0.542 bits per heavy atom. The van der Waals surface area contributed by atoms with Crippen LogP contribution in [0.5, 0.6) is 0 Å². The molecule has 0 N–H and O–H groups in total. The zero-order valence-corrected chi connectivity index (χ0v) is 13.5. The van der Waals surface area contributed by atoms with Gasteiger partial charge in [0, 0.05) is 11.8 Å². The maximum Gasteiger partial charge on any atom is 0.309 e. The van der Waals surface area contributed by atoms with Crippen LogP contribution in [-0.4, -0.2) is 24.1 Å². The molecule has 126 valence electrons. The van der Waals surface area contributed by atoms with Gasteiger partial charge in [-0.05, 0) is 73.0 Å². The molecule has 0 aromatic carbocycles. The van der Waals surface area contributed by atoms with E-state index in [0.29, 0.717) is 59.2 Å². The number of fused-ring (bicyclic) bond motifs is 4. The highest BCUT2D eigenvalue weighted by molar-refractivity contribution is 5.79. The minimum Gasteiger partial charge on any atom is -0.462 e. The van der Waals surface area contributed by atoms with Crippen molar-refractivity contribution >= 4 is 11.9 Å². The van der Waals surface area contributed by atoms with E-state index in [2.05, 4.69) is 0 Å². The molecule has 0 bridgehead atoms. The lowest BCUT2D eigenvalue weighted by Crippen LogP contribution is -2.46. The molecular weight excluding hydrogens is 304 g/mol. The molecule has 0 aromatic heterocycles. The summed E-state index contributed by atoms with van der Waals surface area (Å²) in [6, 6.07) is 0. The standard InChI is InChI=1S/C20H22O4/c21-19-17-11-5-1-3-7-9(5)13-15(11)16-12(18(13)20(22)23-7)6-2-4-8(24-19)10(6)14(16)17/h5-18H,1-4H2. The Labute approximate surface area is 140 Å². The van der Waals surface area contributed by atoms with E-state index in [0.717, 1.165) is 12.8 Å². The van der Waals surface area contributed by atoms with Gasteiger partial charge in [-0.1, -0.05) is 0 Å². The maximum atomic E-state index is 13.0. The summed E-state index contributed by atoms with van der Waals surface area (Å²) < 4.78 is 12.0. The Hall–Kier alpha value is -1.06. The van der Waals surface area contributed by atoms with Crippen molar-refractivity contribution in [2.45, 2.75) is 37.9 Å². The van der Waals surface area contributed by atoms with Crippen LogP contribution in [0.3, 0.4) is 0 Å². The molecule has 4 heteroatoms. The third-order valence-electron chi connectivity index (χ3n) is 10.3. The van der Waals surface area contributed by atoms with Crippen LogP contribution in [0.2, 0.25) is 0 Å². The molecule has 0 spiro atoms. The van der Waals surface area contributed by atoms with Crippen molar-refractivity contribution in [3.05, 3.63) is 0 Å². The number of hydrogen-bond donors (Lipinski definition) is 0. The average molecular weight is 326 g/mol. The summed E-state index contributed by atoms with van der Waals surface area (Å²) in [7, 11) is 0. The van der Waals surface area contributed by atoms with E-state index >= 15 is 0 Å². The van der Waals surface area contributed by atoms with Crippen molar-refractivity contribution in [3.8, 4) is 0 Å². The molecule has 6 aliphatic carbocycles. The highest BCUT2D eigenvalue weighted by atomic mass is 16.6. The Morgan fingerprint density at radius 2 is 1.00 bits per heavy atom. The number of rotatable bonds is 0. The summed E-state index contributed by atoms with van der Waals surface area (Å²) >= 11 is 0. The van der Waals surface area contributed by atoms with Gasteiger partial charge >= 0.3 is 11.9 Å². The molecule has 8 fully saturated rings. The van der Waals surface area contributed by atoms with E-state index in [1.807, 2.05) is 0 Å². The first-order chi connectivity index (χ1) is 11.8. The molecule has 8 rings (SSSR count). The van der Waals surface area contributed by atoms with E-state index in [1.54, 1.807) is 0 Å². The van der Waals surface area contributed by atoms with Gasteiger partial charge < -0.3 is 9.47 Å². The topological polar surface area (TPSA) is 52.6 Å². The van der Waals surface area contributed by atoms with Crippen LogP contribution in [-0.2, 0) is 19.1 Å². The minimum atomic E-state index is 0.132. The van der Waals surface area contributed by atoms with Crippen LogP contribution in [0.15, 0.2) is 0 Å². The number of ether oxygens (including phenoxy) is 2. The summed E-state index contributed by atoms with van der Waals surface area (Å²) in [6.45, 7) is 0. The van der Waals surface area contributed by atoms with Crippen LogP contribution in [0, 0.1) is 71.0 Å². The van der Waals surface area contributed by atoms with Gasteiger partial charge in [0.15, 0.2) is 0 Å². The summed E-state index contributed by atoms with van der Waals surface area (Å²) in [5.74, 6) is 6.37. The largest absolute Gasteiger partial charge is 0.462 e. The second-order valence-corrected chi connectivity index (χ2v) is 10.1. The fourth-order valence-corrected chi connectivity index (χ4v) is 10.5. The number of hydrogen-bond acceptors (Lipinski definition) is 4. The maximum absolute atomic E-state index is 13.0. The molecule has 0 aromatic rings. The second-order valence-electron chi connectivity index (χ2n) is 10.1. The fourth-order valence-electron chi connectivity index (χ4n) is 10.5. The molecule has 24 heavy (non-hydrogen) atoms. The van der Waals surface area contributed by atoms with Crippen LogP contribution in [0.25, 0.3) is 0 Å². The number of carbonyl (C=O) groups is 2. The van der Waals surface area contributed by atoms with Crippen LogP contribution >= 0.6 is 0 Å². The predicted octanol–water partition coefficient (Wildman–Crippen LogP) is 1.87. The van der Waals surface area contributed by atoms with Gasteiger partial charge in [-0.2, -0.15) is 0 Å². The van der Waals surface area contributed by atoms with Gasteiger partial charge in [0.1, 0.15) is 12.2 Å². The highest BCUT2D eigenvalue weighted by Crippen LogP contribution is 2.81. The molecule has 2 aliphatic heterocycles. The van der Waals surface area contributed by atoms with Gasteiger partial charge in [0.05, 0.1) is 11.8 Å². The first kappa shape index (κ1) is 12.3. The Morgan fingerprint density at radius 3 is 1.46 bits per heavy atom. The van der Waals surface area contributed by atoms with Gasteiger partial charge in [-0.25, -0.2) is 0 Å². The van der Waals surface area contributed by atoms with Gasteiger partial charge in [-0.3, -0.25) is 9.59 Å². The molecule has 0 amide bonds. The molecule has 4 nitrogen and oxygen atoms in total. The third kappa shape index (κ3) is 0.964. The van der Waals surface area contributed by atoms with Gasteiger partial charge in [0.2, 0.25) is 0 Å². The molecule has 14 unspecified atom stereocenters. The van der Waals surface area contributed by atoms with E-state index in [4.69, 9.17) is 9.47 Å². The summed E-state index contributed by atoms with van der Waals surface area (Å²) in [4.78, 5) is 25.9. The zero-order chi connectivity index (χ0) is 15.5. The van der Waals surface area contributed by atoms with Gasteiger partial charge in [-0.15, -0.1) is 0 Å². The first-order valence-corrected chi connectivity index (χ1v) is 10.2. The third-order valence-corrected chi connectivity index (χ3v) is 10.3. The minimum absolute atomic E-state index is 0.132. The second kappa shape index (κ2) is 3.43. The van der Waals surface area contributed by atoms with Crippen molar-refractivity contribution < 1.29 is 19.1 Å². The molecule has 0 radical (unpaired) electrons. The summed E-state index contributed by atoms with van der Waals surface area (Å²) in [5.41, 5.74) is 0. The van der Waals surface area contributed by atoms with Crippen LogP contribution in [0.4, 0.5) is 0 Å². The monoisotopic (exact) mass is 326 g/mol. The Balaban J connectivity index is 1.41. The summed E-state index contributed by atoms with van der Waals surface area (Å²) in [6.07, 6.45) is 4.73. The predicted molar refractivity (Wildman–Crippen MR) is 80.1 cm³/mol. The van der Waals surface area contributed by atoms with E-state index < -0.39 is 0 Å². The van der Waals surface area contributed by atoms with E-state index in [9.17, 15) is 9.59 Å². The molecule has 6 saturated carbocycles. The quantitative estimate of drug-likeness (QED) is 0.638. The number of carbonyl (C=O) groups excluding carboxylic acids is 2. The zero-order valence-electron chi connectivity index (χ0n) is 13.5. The van der Waals surface area contributed by atoms with Gasteiger partial charge in [0.25, 0.3) is 0 Å². The van der Waals surface area contributed by atoms with Crippen molar-refractivity contribution in [3.63, 3.8) is 0 Å². The average Bonchev–Trinajstić information content (AvgIpc) is 3.29. The number of esters is 2. The lowest BCUT2D eigenvalue weighted by molar-refractivity contribution is -0.175. The molecular formula is C20H22O4. The van der Waals surface area contributed by atoms with E-state index in [-0.39, 0.29) is 36.0 Å². The first-order valence-electron chi connectivity index (χ1n) is 10.2. The smallest absolute Gasteiger partial charge is 0.309 e. The molecule has 2 saturated heterocycles. The lowest BCUT2D eigenvalue weighted by atomic mass is 9.70. The van der Waals surface area contributed by atoms with E-state index in [1.165, 1.54) is 12.8 Å². The highest BCUT2D eigenvalue weighted by Gasteiger charge is 2.82. The van der Waals surface area contributed by atoms with Crippen molar-refractivity contribution in [1.82, 2.24) is 0 Å². The molecule has 2 heterocycles. The fraction of sp³-hybridized carbons (Fsp3) is 0.900. The Bertz CT molecular complexity index is 656. The Kier molecular flexibility index (Phi) is 1.76.